The normalized spacial score (nSPS) is 13.5. The van der Waals surface area contributed by atoms with Crippen molar-refractivity contribution in [3.63, 3.8) is 0 Å². The molecule has 0 bridgehead atoms. The van der Waals surface area contributed by atoms with E-state index in [1.54, 1.807) is 12.7 Å². The monoisotopic (exact) mass is 486 g/mol. The van der Waals surface area contributed by atoms with E-state index in [1.165, 1.54) is 25.7 Å². The number of ether oxygens (including phenoxy) is 2. The van der Waals surface area contributed by atoms with Crippen molar-refractivity contribution in [2.75, 3.05) is 25.6 Å². The quantitative estimate of drug-likeness (QED) is 0.330. The number of aryl methyl sites for hydroxylation is 1. The first-order valence-corrected chi connectivity index (χ1v) is 11.6. The molecule has 2 aromatic carbocycles. The highest BCUT2D eigenvalue weighted by Crippen LogP contribution is 2.33. The molecular formula is C25H31BrN2O3. The van der Waals surface area contributed by atoms with Gasteiger partial charge in [-0.25, -0.2) is 0 Å². The van der Waals surface area contributed by atoms with Crippen LogP contribution < -0.4 is 20.1 Å². The van der Waals surface area contributed by atoms with Gasteiger partial charge in [-0.3, -0.25) is 4.79 Å². The van der Waals surface area contributed by atoms with E-state index >= 15 is 0 Å². The molecule has 31 heavy (non-hydrogen) atoms. The minimum absolute atomic E-state index is 0.0939. The van der Waals surface area contributed by atoms with Crippen LogP contribution in [0.4, 0.5) is 5.69 Å². The Balaban J connectivity index is 1.51. The molecule has 0 radical (unpaired) electrons. The second kappa shape index (κ2) is 11.9. The number of rotatable bonds is 10. The van der Waals surface area contributed by atoms with Crippen LogP contribution in [0.3, 0.4) is 0 Å². The summed E-state index contributed by atoms with van der Waals surface area (Å²) in [5.41, 5.74) is 4.55. The van der Waals surface area contributed by atoms with Gasteiger partial charge in [0.05, 0.1) is 7.11 Å². The molecule has 3 rings (SSSR count). The minimum Gasteiger partial charge on any atom is -0.493 e. The van der Waals surface area contributed by atoms with E-state index in [4.69, 9.17) is 9.47 Å². The van der Waals surface area contributed by atoms with E-state index in [1.807, 2.05) is 43.3 Å². The molecule has 5 nitrogen and oxygen atoms in total. The van der Waals surface area contributed by atoms with Gasteiger partial charge in [0.25, 0.3) is 5.91 Å². The predicted molar refractivity (Wildman–Crippen MR) is 129 cm³/mol. The molecule has 0 spiro atoms. The van der Waals surface area contributed by atoms with Crippen molar-refractivity contribution < 1.29 is 14.3 Å². The van der Waals surface area contributed by atoms with E-state index < -0.39 is 0 Å². The Morgan fingerprint density at radius 2 is 1.94 bits per heavy atom. The molecule has 166 valence electrons. The van der Waals surface area contributed by atoms with Crippen molar-refractivity contribution in [2.45, 2.75) is 45.6 Å². The Bertz CT molecular complexity index is 910. The molecule has 2 N–H and O–H groups in total. The Kier molecular flexibility index (Phi) is 8.98. The lowest BCUT2D eigenvalue weighted by Crippen LogP contribution is -2.20. The third-order valence-electron chi connectivity index (χ3n) is 5.35. The molecule has 0 unspecified atom stereocenters. The summed E-state index contributed by atoms with van der Waals surface area (Å²) in [4.78, 5) is 12.2. The molecule has 0 aliphatic heterocycles. The molecule has 0 atom stereocenters. The van der Waals surface area contributed by atoms with Gasteiger partial charge in [0.1, 0.15) is 0 Å². The van der Waals surface area contributed by atoms with Crippen LogP contribution in [0.15, 0.2) is 52.5 Å². The lowest BCUT2D eigenvalue weighted by Gasteiger charge is -2.15. The van der Waals surface area contributed by atoms with Crippen LogP contribution in [0.1, 0.15) is 43.2 Å². The minimum atomic E-state index is -0.218. The van der Waals surface area contributed by atoms with Gasteiger partial charge in [0.2, 0.25) is 0 Å². The summed E-state index contributed by atoms with van der Waals surface area (Å²) in [5, 5.41) is 6.34. The van der Waals surface area contributed by atoms with E-state index in [2.05, 4.69) is 32.6 Å². The van der Waals surface area contributed by atoms with E-state index in [-0.39, 0.29) is 12.5 Å². The highest BCUT2D eigenvalue weighted by atomic mass is 79.9. The average Bonchev–Trinajstić information content (AvgIpc) is 2.78. The fourth-order valence-corrected chi connectivity index (χ4v) is 4.03. The summed E-state index contributed by atoms with van der Waals surface area (Å²) in [6.45, 7) is 3.60. The number of methoxy groups -OCH3 is 1. The van der Waals surface area contributed by atoms with Gasteiger partial charge in [0.15, 0.2) is 18.1 Å². The van der Waals surface area contributed by atoms with Crippen LogP contribution in [0.5, 0.6) is 11.5 Å². The average molecular weight is 487 g/mol. The molecule has 0 fully saturated rings. The molecule has 0 saturated heterocycles. The Hall–Kier alpha value is -2.31. The number of nitrogens with one attached hydrogen (secondary N) is 2. The zero-order chi connectivity index (χ0) is 22.1. The van der Waals surface area contributed by atoms with Gasteiger partial charge >= 0.3 is 0 Å². The van der Waals surface area contributed by atoms with Crippen LogP contribution in [-0.4, -0.2) is 26.2 Å². The predicted octanol–water partition coefficient (Wildman–Crippen LogP) is 5.76. The van der Waals surface area contributed by atoms with E-state index in [9.17, 15) is 4.79 Å². The number of carbonyl (C=O) groups excluding carboxylic acids is 1. The summed E-state index contributed by atoms with van der Waals surface area (Å²) in [6.07, 6.45) is 8.60. The number of benzene rings is 2. The number of anilines is 1. The maximum Gasteiger partial charge on any atom is 0.262 e. The summed E-state index contributed by atoms with van der Waals surface area (Å²) in [5.74, 6) is 0.924. The van der Waals surface area contributed by atoms with Crippen molar-refractivity contribution in [1.82, 2.24) is 5.32 Å². The van der Waals surface area contributed by atoms with Crippen molar-refractivity contribution in [2.24, 2.45) is 0 Å². The highest BCUT2D eigenvalue weighted by molar-refractivity contribution is 9.10. The Morgan fingerprint density at radius 3 is 2.65 bits per heavy atom. The van der Waals surface area contributed by atoms with Crippen molar-refractivity contribution in [3.05, 3.63) is 63.6 Å². The molecule has 2 aromatic rings. The van der Waals surface area contributed by atoms with Crippen LogP contribution in [0.25, 0.3) is 0 Å². The van der Waals surface area contributed by atoms with Crippen LogP contribution in [0, 0.1) is 6.92 Å². The van der Waals surface area contributed by atoms with Gasteiger partial charge in [-0.15, -0.1) is 0 Å². The van der Waals surface area contributed by atoms with Crippen molar-refractivity contribution in [1.29, 1.82) is 0 Å². The first kappa shape index (κ1) is 23.4. The summed E-state index contributed by atoms with van der Waals surface area (Å²) >= 11 is 3.62. The Morgan fingerprint density at radius 1 is 1.13 bits per heavy atom. The van der Waals surface area contributed by atoms with Crippen LogP contribution >= 0.6 is 15.9 Å². The molecule has 0 heterocycles. The zero-order valence-electron chi connectivity index (χ0n) is 18.3. The summed E-state index contributed by atoms with van der Waals surface area (Å²) in [7, 11) is 1.61. The summed E-state index contributed by atoms with van der Waals surface area (Å²) < 4.78 is 12.1. The van der Waals surface area contributed by atoms with Crippen molar-refractivity contribution >= 4 is 27.5 Å². The first-order valence-electron chi connectivity index (χ1n) is 10.8. The molecular weight excluding hydrogens is 456 g/mol. The van der Waals surface area contributed by atoms with Crippen LogP contribution in [-0.2, 0) is 11.3 Å². The van der Waals surface area contributed by atoms with E-state index in [0.29, 0.717) is 11.5 Å². The van der Waals surface area contributed by atoms with Gasteiger partial charge in [0, 0.05) is 16.7 Å². The number of hydrogen-bond acceptors (Lipinski definition) is 4. The standard InChI is InChI=1S/C25H31BrN2O3/c1-18-8-10-21(11-9-18)28-25(29)17-31-24-15-22(26)20(14-23(24)30-2)16-27-13-12-19-6-4-3-5-7-19/h6,8-11,14-15,27H,3-5,7,12-13,16-17H2,1-2H3,(H,28,29). The Labute approximate surface area is 193 Å². The summed E-state index contributed by atoms with van der Waals surface area (Å²) in [6, 6.07) is 11.5. The fourth-order valence-electron chi connectivity index (χ4n) is 3.57. The third-order valence-corrected chi connectivity index (χ3v) is 6.09. The number of halogens is 1. The maximum atomic E-state index is 12.2. The fraction of sp³-hybridized carbons (Fsp3) is 0.400. The topological polar surface area (TPSA) is 59.6 Å². The number of hydrogen-bond donors (Lipinski definition) is 2. The van der Waals surface area contributed by atoms with Crippen molar-refractivity contribution in [3.8, 4) is 11.5 Å². The SMILES string of the molecule is COc1cc(CNCCC2=CCCCC2)c(Br)cc1OCC(=O)Nc1ccc(C)cc1. The molecule has 6 heteroatoms. The molecule has 1 aliphatic rings. The largest absolute Gasteiger partial charge is 0.493 e. The molecule has 0 aromatic heterocycles. The first-order chi connectivity index (χ1) is 15.0. The smallest absolute Gasteiger partial charge is 0.262 e. The van der Waals surface area contributed by atoms with Gasteiger partial charge in [-0.1, -0.05) is 45.3 Å². The number of amides is 1. The molecule has 1 amide bonds. The van der Waals surface area contributed by atoms with Gasteiger partial charge in [-0.2, -0.15) is 0 Å². The van der Waals surface area contributed by atoms with E-state index in [0.717, 1.165) is 40.8 Å². The number of allylic oxidation sites excluding steroid dienone is 1. The lowest BCUT2D eigenvalue weighted by atomic mass is 9.97. The third kappa shape index (κ3) is 7.40. The molecule has 1 aliphatic carbocycles. The zero-order valence-corrected chi connectivity index (χ0v) is 19.9. The second-order valence-corrected chi connectivity index (χ2v) is 8.69. The van der Waals surface area contributed by atoms with Crippen LogP contribution in [0.2, 0.25) is 0 Å². The second-order valence-electron chi connectivity index (χ2n) is 7.83. The van der Waals surface area contributed by atoms with Gasteiger partial charge in [-0.05, 0) is 75.4 Å². The molecule has 0 saturated carbocycles. The lowest BCUT2D eigenvalue weighted by molar-refractivity contribution is -0.118. The number of carbonyl (C=O) groups is 1. The maximum absolute atomic E-state index is 12.2. The highest BCUT2D eigenvalue weighted by Gasteiger charge is 2.13. The van der Waals surface area contributed by atoms with Gasteiger partial charge < -0.3 is 20.1 Å².